The molecule has 0 aromatic heterocycles. The van der Waals surface area contributed by atoms with Crippen molar-refractivity contribution in [3.8, 4) is 11.5 Å². The second-order valence-corrected chi connectivity index (χ2v) is 7.82. The van der Waals surface area contributed by atoms with E-state index in [1.165, 1.54) is 0 Å². The summed E-state index contributed by atoms with van der Waals surface area (Å²) in [6.07, 6.45) is 0.756. The molecule has 132 valence electrons. The SMILES string of the molecule is CCO[Si](CCc1ccc(C)c(OC)c1OC)(OCC)OCC. The van der Waals surface area contributed by atoms with E-state index in [-0.39, 0.29) is 0 Å². The van der Waals surface area contributed by atoms with Crippen LogP contribution >= 0.6 is 0 Å². The molecule has 0 atom stereocenters. The molecule has 0 fully saturated rings. The summed E-state index contributed by atoms with van der Waals surface area (Å²) in [6, 6.07) is 4.83. The van der Waals surface area contributed by atoms with Crippen molar-refractivity contribution in [2.75, 3.05) is 34.0 Å². The van der Waals surface area contributed by atoms with Crippen LogP contribution in [0.2, 0.25) is 6.04 Å². The van der Waals surface area contributed by atoms with Crippen LogP contribution in [-0.2, 0) is 19.7 Å². The minimum Gasteiger partial charge on any atom is -0.493 e. The number of hydrogen-bond donors (Lipinski definition) is 0. The zero-order chi connectivity index (χ0) is 17.3. The first kappa shape index (κ1) is 20.0. The molecule has 5 nitrogen and oxygen atoms in total. The molecule has 23 heavy (non-hydrogen) atoms. The van der Waals surface area contributed by atoms with E-state index in [0.717, 1.165) is 29.0 Å². The second-order valence-electron chi connectivity index (χ2n) is 5.09. The lowest BCUT2D eigenvalue weighted by Crippen LogP contribution is -2.46. The first-order chi connectivity index (χ1) is 11.1. The van der Waals surface area contributed by atoms with Gasteiger partial charge in [-0.1, -0.05) is 12.1 Å². The maximum absolute atomic E-state index is 5.91. The van der Waals surface area contributed by atoms with Crippen molar-refractivity contribution in [2.24, 2.45) is 0 Å². The van der Waals surface area contributed by atoms with E-state index in [0.29, 0.717) is 25.9 Å². The zero-order valence-corrected chi connectivity index (χ0v) is 16.2. The van der Waals surface area contributed by atoms with Crippen molar-refractivity contribution in [1.82, 2.24) is 0 Å². The van der Waals surface area contributed by atoms with Crippen LogP contribution in [0.3, 0.4) is 0 Å². The van der Waals surface area contributed by atoms with Crippen LogP contribution in [-0.4, -0.2) is 42.8 Å². The average Bonchev–Trinajstić information content (AvgIpc) is 2.54. The molecule has 0 heterocycles. The van der Waals surface area contributed by atoms with E-state index in [1.807, 2.05) is 33.8 Å². The minimum absolute atomic E-state index is 0.584. The third kappa shape index (κ3) is 5.21. The van der Waals surface area contributed by atoms with Gasteiger partial charge in [-0.3, -0.25) is 0 Å². The zero-order valence-electron chi connectivity index (χ0n) is 15.2. The average molecular weight is 343 g/mol. The lowest BCUT2D eigenvalue weighted by molar-refractivity contribution is 0.0714. The van der Waals surface area contributed by atoms with E-state index in [9.17, 15) is 0 Å². The highest BCUT2D eigenvalue weighted by Crippen LogP contribution is 2.35. The Hall–Kier alpha value is -1.08. The highest BCUT2D eigenvalue weighted by atomic mass is 28.4. The number of methoxy groups -OCH3 is 2. The molecule has 0 N–H and O–H groups in total. The van der Waals surface area contributed by atoms with Crippen LogP contribution in [0, 0.1) is 6.92 Å². The lowest BCUT2D eigenvalue weighted by Gasteiger charge is -2.28. The molecule has 0 amide bonds. The van der Waals surface area contributed by atoms with Crippen molar-refractivity contribution in [3.05, 3.63) is 23.3 Å². The summed E-state index contributed by atoms with van der Waals surface area (Å²) in [5.74, 6) is 1.56. The van der Waals surface area contributed by atoms with Crippen LogP contribution in [0.15, 0.2) is 12.1 Å². The van der Waals surface area contributed by atoms with Gasteiger partial charge in [0.15, 0.2) is 11.5 Å². The van der Waals surface area contributed by atoms with Crippen molar-refractivity contribution in [1.29, 1.82) is 0 Å². The van der Waals surface area contributed by atoms with E-state index in [2.05, 4.69) is 6.07 Å². The van der Waals surface area contributed by atoms with Gasteiger partial charge in [0.2, 0.25) is 0 Å². The molecular formula is C17H30O5Si. The predicted octanol–water partition coefficient (Wildman–Crippen LogP) is 3.60. The molecule has 1 rings (SSSR count). The molecule has 0 aliphatic rings. The highest BCUT2D eigenvalue weighted by molar-refractivity contribution is 6.60. The first-order valence-corrected chi connectivity index (χ1v) is 10.1. The van der Waals surface area contributed by atoms with Gasteiger partial charge in [0.05, 0.1) is 14.2 Å². The fourth-order valence-electron chi connectivity index (χ4n) is 2.67. The summed E-state index contributed by atoms with van der Waals surface area (Å²) in [4.78, 5) is 0. The van der Waals surface area contributed by atoms with E-state index in [1.54, 1.807) is 14.2 Å². The second kappa shape index (κ2) is 9.92. The molecule has 0 unspecified atom stereocenters. The smallest absolute Gasteiger partial charge is 0.493 e. The normalized spacial score (nSPS) is 11.6. The quantitative estimate of drug-likeness (QED) is 0.575. The predicted molar refractivity (Wildman–Crippen MR) is 93.4 cm³/mol. The summed E-state index contributed by atoms with van der Waals surface area (Å²) in [6.45, 7) is 9.66. The standard InChI is InChI=1S/C17H30O5Si/c1-7-20-23(21-8-2,22-9-3)13-12-15-11-10-14(4)16(18-5)17(15)19-6/h10-11H,7-9,12-13H2,1-6H3. The van der Waals surface area contributed by atoms with Gasteiger partial charge < -0.3 is 22.8 Å². The number of aryl methyl sites for hydroxylation is 2. The van der Waals surface area contributed by atoms with Crippen LogP contribution in [0.1, 0.15) is 31.9 Å². The molecule has 6 heteroatoms. The Morgan fingerprint density at radius 2 is 1.35 bits per heavy atom. The molecule has 0 radical (unpaired) electrons. The Kier molecular flexibility index (Phi) is 8.61. The Morgan fingerprint density at radius 1 is 0.826 bits per heavy atom. The summed E-state index contributed by atoms with van der Waals surface area (Å²) in [5, 5.41) is 0. The number of ether oxygens (including phenoxy) is 2. The fraction of sp³-hybridized carbons (Fsp3) is 0.647. The number of rotatable bonds is 11. The van der Waals surface area contributed by atoms with Crippen molar-refractivity contribution < 1.29 is 22.8 Å². The van der Waals surface area contributed by atoms with Crippen molar-refractivity contribution >= 4 is 8.80 Å². The third-order valence-electron chi connectivity index (χ3n) is 3.59. The maximum atomic E-state index is 5.91. The van der Waals surface area contributed by atoms with Gasteiger partial charge in [-0.15, -0.1) is 0 Å². The molecule has 0 aliphatic carbocycles. The maximum Gasteiger partial charge on any atom is 0.501 e. The van der Waals surface area contributed by atoms with Gasteiger partial charge in [0.1, 0.15) is 0 Å². The lowest BCUT2D eigenvalue weighted by atomic mass is 10.1. The van der Waals surface area contributed by atoms with Gasteiger partial charge in [-0.05, 0) is 45.2 Å². The summed E-state index contributed by atoms with van der Waals surface area (Å²) in [5.41, 5.74) is 2.13. The van der Waals surface area contributed by atoms with Gasteiger partial charge in [0.25, 0.3) is 0 Å². The first-order valence-electron chi connectivity index (χ1n) is 8.19. The van der Waals surface area contributed by atoms with E-state index < -0.39 is 8.80 Å². The largest absolute Gasteiger partial charge is 0.501 e. The van der Waals surface area contributed by atoms with Gasteiger partial charge in [-0.2, -0.15) is 0 Å². The minimum atomic E-state index is -2.65. The Balaban J connectivity index is 3.00. The summed E-state index contributed by atoms with van der Waals surface area (Å²) in [7, 11) is 0.675. The van der Waals surface area contributed by atoms with Gasteiger partial charge in [-0.25, -0.2) is 0 Å². The van der Waals surface area contributed by atoms with Crippen molar-refractivity contribution in [3.63, 3.8) is 0 Å². The van der Waals surface area contributed by atoms with Crippen LogP contribution in [0.4, 0.5) is 0 Å². The monoisotopic (exact) mass is 342 g/mol. The van der Waals surface area contributed by atoms with Crippen LogP contribution in [0.5, 0.6) is 11.5 Å². The highest BCUT2D eigenvalue weighted by Gasteiger charge is 2.40. The van der Waals surface area contributed by atoms with Crippen LogP contribution < -0.4 is 9.47 Å². The molecule has 1 aromatic carbocycles. The number of benzene rings is 1. The Bertz CT molecular complexity index is 461. The topological polar surface area (TPSA) is 46.2 Å². The molecule has 0 bridgehead atoms. The third-order valence-corrected chi connectivity index (χ3v) is 6.64. The molecule has 0 saturated carbocycles. The summed E-state index contributed by atoms with van der Waals surface area (Å²) >= 11 is 0. The molecule has 0 aliphatic heterocycles. The van der Waals surface area contributed by atoms with E-state index >= 15 is 0 Å². The molecule has 0 saturated heterocycles. The fourth-order valence-corrected chi connectivity index (χ4v) is 5.24. The summed E-state index contributed by atoms with van der Waals surface area (Å²) < 4.78 is 28.8. The Labute approximate surface area is 141 Å². The van der Waals surface area contributed by atoms with Crippen molar-refractivity contribution in [2.45, 2.75) is 40.2 Å². The molecular weight excluding hydrogens is 312 g/mol. The van der Waals surface area contributed by atoms with Gasteiger partial charge in [0, 0.05) is 25.9 Å². The van der Waals surface area contributed by atoms with Crippen LogP contribution in [0.25, 0.3) is 0 Å². The van der Waals surface area contributed by atoms with Gasteiger partial charge >= 0.3 is 8.80 Å². The Morgan fingerprint density at radius 3 is 1.78 bits per heavy atom. The molecule has 1 aromatic rings. The number of hydrogen-bond acceptors (Lipinski definition) is 5. The molecule has 0 spiro atoms. The van der Waals surface area contributed by atoms with E-state index in [4.69, 9.17) is 22.8 Å².